The average molecular weight is 489 g/mol. The van der Waals surface area contributed by atoms with Crippen LogP contribution in [0.1, 0.15) is 24.0 Å². The fraction of sp³-hybridized carbons (Fsp3) is 0.348. The molecule has 8 heteroatoms. The summed E-state index contributed by atoms with van der Waals surface area (Å²) >= 11 is 3.45. The van der Waals surface area contributed by atoms with Gasteiger partial charge in [-0.2, -0.15) is 0 Å². The molecule has 0 unspecified atom stereocenters. The zero-order valence-electron chi connectivity index (χ0n) is 17.3. The van der Waals surface area contributed by atoms with Gasteiger partial charge >= 0.3 is 5.97 Å². The number of carbonyl (C=O) groups is 3. The van der Waals surface area contributed by atoms with E-state index >= 15 is 0 Å². The molecule has 1 aliphatic rings. The average Bonchev–Trinajstić information content (AvgIpc) is 2.79. The Morgan fingerprint density at radius 2 is 1.68 bits per heavy atom. The molecule has 1 heterocycles. The van der Waals surface area contributed by atoms with E-state index in [0.29, 0.717) is 31.7 Å². The predicted octanol–water partition coefficient (Wildman–Crippen LogP) is 2.97. The third-order valence-corrected chi connectivity index (χ3v) is 5.94. The Bertz CT molecular complexity index is 922. The Balaban J connectivity index is 1.66. The van der Waals surface area contributed by atoms with Crippen molar-refractivity contribution in [2.45, 2.75) is 24.7 Å². The molecule has 0 aromatic heterocycles. The number of methoxy groups -OCH3 is 1. The molecule has 1 aliphatic heterocycles. The van der Waals surface area contributed by atoms with E-state index in [9.17, 15) is 14.4 Å². The fourth-order valence-corrected chi connectivity index (χ4v) is 3.85. The van der Waals surface area contributed by atoms with Crippen molar-refractivity contribution in [3.8, 4) is 0 Å². The van der Waals surface area contributed by atoms with E-state index in [1.54, 1.807) is 24.3 Å². The zero-order valence-corrected chi connectivity index (χ0v) is 18.9. The second-order valence-electron chi connectivity index (χ2n) is 7.38. The molecule has 1 fully saturated rings. The topological polar surface area (TPSA) is 93.7 Å². The SMILES string of the molecule is COC(=O)CNC(=O)Cc1ccc(NC(=O)C2(c3ccc(Br)cc3)CCOCC2)cc1. The monoisotopic (exact) mass is 488 g/mol. The molecule has 1 saturated heterocycles. The molecular formula is C23H25BrN2O5. The fourth-order valence-electron chi connectivity index (χ4n) is 3.58. The largest absolute Gasteiger partial charge is 0.468 e. The van der Waals surface area contributed by atoms with Crippen molar-refractivity contribution in [2.75, 3.05) is 32.2 Å². The number of rotatable bonds is 7. The van der Waals surface area contributed by atoms with Crippen molar-refractivity contribution in [1.82, 2.24) is 5.32 Å². The number of amides is 2. The molecule has 2 aromatic rings. The van der Waals surface area contributed by atoms with Crippen LogP contribution in [0.4, 0.5) is 5.69 Å². The summed E-state index contributed by atoms with van der Waals surface area (Å²) < 4.78 is 11.0. The number of hydrogen-bond donors (Lipinski definition) is 2. The van der Waals surface area contributed by atoms with Crippen LogP contribution in [-0.4, -0.2) is 44.7 Å². The highest BCUT2D eigenvalue weighted by molar-refractivity contribution is 9.10. The summed E-state index contributed by atoms with van der Waals surface area (Å²) in [5.74, 6) is -0.848. The number of ether oxygens (including phenoxy) is 2. The van der Waals surface area contributed by atoms with Crippen molar-refractivity contribution < 1.29 is 23.9 Å². The summed E-state index contributed by atoms with van der Waals surface area (Å²) in [6, 6.07) is 15.0. The van der Waals surface area contributed by atoms with Gasteiger partial charge in [0.2, 0.25) is 11.8 Å². The minimum Gasteiger partial charge on any atom is -0.468 e. The van der Waals surface area contributed by atoms with Crippen LogP contribution in [0.2, 0.25) is 0 Å². The van der Waals surface area contributed by atoms with E-state index in [0.717, 1.165) is 15.6 Å². The quantitative estimate of drug-likeness (QED) is 0.584. The van der Waals surface area contributed by atoms with Gasteiger partial charge in [0, 0.05) is 23.4 Å². The van der Waals surface area contributed by atoms with Crippen molar-refractivity contribution in [3.05, 3.63) is 64.1 Å². The summed E-state index contributed by atoms with van der Waals surface area (Å²) in [6.45, 7) is 0.900. The first-order valence-electron chi connectivity index (χ1n) is 10.0. The Labute approximate surface area is 189 Å². The normalized spacial score (nSPS) is 15.0. The third-order valence-electron chi connectivity index (χ3n) is 5.41. The third kappa shape index (κ3) is 5.92. The predicted molar refractivity (Wildman–Crippen MR) is 120 cm³/mol. The standard InChI is InChI=1S/C23H25BrN2O5/c1-30-21(28)15-25-20(27)14-16-2-8-19(9-3-16)26-22(29)23(10-12-31-13-11-23)17-4-6-18(24)7-5-17/h2-9H,10-15H2,1H3,(H,25,27)(H,26,29). The molecule has 3 rings (SSSR count). The smallest absolute Gasteiger partial charge is 0.325 e. The molecule has 2 aromatic carbocycles. The summed E-state index contributed by atoms with van der Waals surface area (Å²) in [7, 11) is 1.27. The summed E-state index contributed by atoms with van der Waals surface area (Å²) in [4.78, 5) is 36.4. The van der Waals surface area contributed by atoms with Crippen LogP contribution in [0.15, 0.2) is 53.0 Å². The Morgan fingerprint density at radius 3 is 2.29 bits per heavy atom. The summed E-state index contributed by atoms with van der Waals surface area (Å²) in [6.07, 6.45) is 1.35. The minimum atomic E-state index is -0.647. The van der Waals surface area contributed by atoms with Crippen molar-refractivity contribution >= 4 is 39.4 Å². The maximum absolute atomic E-state index is 13.3. The maximum atomic E-state index is 13.3. The van der Waals surface area contributed by atoms with Crippen LogP contribution < -0.4 is 10.6 Å². The molecule has 0 radical (unpaired) electrons. The van der Waals surface area contributed by atoms with Crippen LogP contribution in [-0.2, 0) is 35.7 Å². The molecule has 0 bridgehead atoms. The molecule has 0 aliphatic carbocycles. The van der Waals surface area contributed by atoms with Gasteiger partial charge in [0.15, 0.2) is 0 Å². The van der Waals surface area contributed by atoms with Crippen LogP contribution >= 0.6 is 15.9 Å². The number of nitrogens with one attached hydrogen (secondary N) is 2. The highest BCUT2D eigenvalue weighted by atomic mass is 79.9. The van der Waals surface area contributed by atoms with Crippen molar-refractivity contribution in [1.29, 1.82) is 0 Å². The first-order valence-corrected chi connectivity index (χ1v) is 10.8. The Kier molecular flexibility index (Phi) is 7.81. The van der Waals surface area contributed by atoms with Gasteiger partial charge in [-0.25, -0.2) is 0 Å². The van der Waals surface area contributed by atoms with Crippen LogP contribution in [0.5, 0.6) is 0 Å². The number of esters is 1. The lowest BCUT2D eigenvalue weighted by molar-refractivity contribution is -0.141. The van der Waals surface area contributed by atoms with Gasteiger partial charge in [0.05, 0.1) is 18.9 Å². The molecule has 2 amide bonds. The van der Waals surface area contributed by atoms with E-state index in [-0.39, 0.29) is 24.8 Å². The first-order chi connectivity index (χ1) is 14.9. The Hall–Kier alpha value is -2.71. The maximum Gasteiger partial charge on any atom is 0.325 e. The Morgan fingerprint density at radius 1 is 1.03 bits per heavy atom. The first kappa shape index (κ1) is 23.0. The molecule has 7 nitrogen and oxygen atoms in total. The second-order valence-corrected chi connectivity index (χ2v) is 8.30. The summed E-state index contributed by atoms with van der Waals surface area (Å²) in [5.41, 5.74) is 1.75. The lowest BCUT2D eigenvalue weighted by Crippen LogP contribution is -2.44. The van der Waals surface area contributed by atoms with E-state index in [1.807, 2.05) is 24.3 Å². The molecule has 164 valence electrons. The van der Waals surface area contributed by atoms with E-state index < -0.39 is 11.4 Å². The van der Waals surface area contributed by atoms with Gasteiger partial charge in [-0.05, 0) is 48.2 Å². The van der Waals surface area contributed by atoms with Gasteiger partial charge in [0.25, 0.3) is 0 Å². The second kappa shape index (κ2) is 10.5. The van der Waals surface area contributed by atoms with E-state index in [4.69, 9.17) is 4.74 Å². The highest BCUT2D eigenvalue weighted by Crippen LogP contribution is 2.36. The van der Waals surface area contributed by atoms with Crippen molar-refractivity contribution in [2.24, 2.45) is 0 Å². The molecule has 31 heavy (non-hydrogen) atoms. The zero-order chi connectivity index (χ0) is 22.3. The van der Waals surface area contributed by atoms with Crippen LogP contribution in [0.3, 0.4) is 0 Å². The molecule has 0 atom stereocenters. The highest BCUT2D eigenvalue weighted by Gasteiger charge is 2.41. The number of carbonyl (C=O) groups excluding carboxylic acids is 3. The van der Waals surface area contributed by atoms with Crippen molar-refractivity contribution in [3.63, 3.8) is 0 Å². The molecule has 2 N–H and O–H groups in total. The number of benzene rings is 2. The number of hydrogen-bond acceptors (Lipinski definition) is 5. The lowest BCUT2D eigenvalue weighted by atomic mass is 9.73. The van der Waals surface area contributed by atoms with Gasteiger partial charge in [-0.1, -0.05) is 40.2 Å². The van der Waals surface area contributed by atoms with E-state index in [2.05, 4.69) is 31.3 Å². The van der Waals surface area contributed by atoms with Gasteiger partial charge in [-0.15, -0.1) is 0 Å². The molecule has 0 spiro atoms. The van der Waals surface area contributed by atoms with Crippen LogP contribution in [0.25, 0.3) is 0 Å². The molecule has 0 saturated carbocycles. The number of anilines is 1. The molecular weight excluding hydrogens is 464 g/mol. The number of halogens is 1. The van der Waals surface area contributed by atoms with Gasteiger partial charge < -0.3 is 20.1 Å². The van der Waals surface area contributed by atoms with E-state index in [1.165, 1.54) is 7.11 Å². The van der Waals surface area contributed by atoms with Crippen LogP contribution in [0, 0.1) is 0 Å². The lowest BCUT2D eigenvalue weighted by Gasteiger charge is -2.36. The van der Waals surface area contributed by atoms with Gasteiger partial charge in [0.1, 0.15) is 6.54 Å². The summed E-state index contributed by atoms with van der Waals surface area (Å²) in [5, 5.41) is 5.53. The minimum absolute atomic E-state index is 0.0679. The van der Waals surface area contributed by atoms with Gasteiger partial charge in [-0.3, -0.25) is 14.4 Å².